The summed E-state index contributed by atoms with van der Waals surface area (Å²) < 4.78 is 27.0. The summed E-state index contributed by atoms with van der Waals surface area (Å²) in [5.41, 5.74) is 1.87. The van der Waals surface area contributed by atoms with Gasteiger partial charge >= 0.3 is 0 Å². The molecule has 0 saturated heterocycles. The van der Waals surface area contributed by atoms with Crippen LogP contribution in [0.4, 0.5) is 11.5 Å². The van der Waals surface area contributed by atoms with Gasteiger partial charge in [0, 0.05) is 11.9 Å². The van der Waals surface area contributed by atoms with E-state index in [0.717, 1.165) is 18.4 Å². The van der Waals surface area contributed by atoms with Gasteiger partial charge in [-0.3, -0.25) is 9.48 Å². The van der Waals surface area contributed by atoms with Crippen molar-refractivity contribution in [1.29, 1.82) is 5.26 Å². The van der Waals surface area contributed by atoms with Crippen LogP contribution in [0, 0.1) is 17.2 Å². The zero-order valence-electron chi connectivity index (χ0n) is 17.3. The molecule has 1 aliphatic heterocycles. The third-order valence-corrected chi connectivity index (χ3v) is 9.05. The predicted molar refractivity (Wildman–Crippen MR) is 117 cm³/mol. The highest BCUT2D eigenvalue weighted by Gasteiger charge is 2.39. The summed E-state index contributed by atoms with van der Waals surface area (Å²) in [6, 6.07) is 9.14. The van der Waals surface area contributed by atoms with Crippen molar-refractivity contribution in [2.75, 3.05) is 5.32 Å². The zero-order chi connectivity index (χ0) is 21.9. The van der Waals surface area contributed by atoms with Crippen molar-refractivity contribution in [2.24, 2.45) is 5.92 Å². The first-order valence-corrected chi connectivity index (χ1v) is 12.0. The lowest BCUT2D eigenvalue weighted by Crippen LogP contribution is -2.14. The minimum atomic E-state index is -3.31. The molecule has 0 bridgehead atoms. The van der Waals surface area contributed by atoms with Crippen LogP contribution >= 0.6 is 0 Å². The lowest BCUT2D eigenvalue weighted by Gasteiger charge is -2.14. The number of aromatic nitrogens is 3. The van der Waals surface area contributed by atoms with E-state index in [4.69, 9.17) is 5.10 Å². The Bertz CT molecular complexity index is 1390. The van der Waals surface area contributed by atoms with Gasteiger partial charge in [0.15, 0.2) is 15.7 Å². The molecule has 3 heterocycles. The van der Waals surface area contributed by atoms with E-state index in [1.807, 2.05) is 13.0 Å². The number of anilines is 2. The van der Waals surface area contributed by atoms with Crippen molar-refractivity contribution in [2.45, 2.75) is 55.2 Å². The van der Waals surface area contributed by atoms with E-state index >= 15 is 0 Å². The molecule has 2 N–H and O–H groups in total. The van der Waals surface area contributed by atoms with Crippen molar-refractivity contribution in [1.82, 2.24) is 14.8 Å². The Kier molecular flexibility index (Phi) is 4.45. The van der Waals surface area contributed by atoms with Crippen LogP contribution in [0.3, 0.4) is 0 Å². The van der Waals surface area contributed by atoms with Gasteiger partial charge in [0.05, 0.1) is 34.2 Å². The van der Waals surface area contributed by atoms with Crippen LogP contribution in [-0.2, 0) is 9.84 Å². The van der Waals surface area contributed by atoms with Crippen molar-refractivity contribution < 1.29 is 8.42 Å². The number of nitriles is 1. The smallest absolute Gasteiger partial charge is 0.261 e. The first kappa shape index (κ1) is 19.8. The van der Waals surface area contributed by atoms with Crippen molar-refractivity contribution in [3.8, 4) is 6.07 Å². The average molecular weight is 438 g/mol. The largest absolute Gasteiger partial charge is 0.338 e. The number of nitrogens with zero attached hydrogens (tertiary/aromatic N) is 3. The second-order valence-electron chi connectivity index (χ2n) is 8.54. The fourth-order valence-electron chi connectivity index (χ4n) is 4.57. The monoisotopic (exact) mass is 437 g/mol. The van der Waals surface area contributed by atoms with Gasteiger partial charge in [0.25, 0.3) is 5.56 Å². The van der Waals surface area contributed by atoms with E-state index < -0.39 is 15.1 Å². The van der Waals surface area contributed by atoms with Gasteiger partial charge in [-0.1, -0.05) is 6.92 Å². The second-order valence-corrected chi connectivity index (χ2v) is 10.8. The van der Waals surface area contributed by atoms with Crippen molar-refractivity contribution in [3.63, 3.8) is 0 Å². The molecule has 3 atom stereocenters. The van der Waals surface area contributed by atoms with Gasteiger partial charge < -0.3 is 10.3 Å². The summed E-state index contributed by atoms with van der Waals surface area (Å²) in [6.45, 7) is 3.64. The molecule has 1 aliphatic carbocycles. The van der Waals surface area contributed by atoms with Gasteiger partial charge in [-0.25, -0.2) is 8.42 Å². The highest BCUT2D eigenvalue weighted by atomic mass is 32.2. The molecule has 2 aromatic heterocycles. The maximum Gasteiger partial charge on any atom is 0.261 e. The average Bonchev–Trinajstić information content (AvgIpc) is 3.50. The number of nitrogens with one attached hydrogen (secondary N) is 2. The summed E-state index contributed by atoms with van der Waals surface area (Å²) in [7, 11) is -3.31. The van der Waals surface area contributed by atoms with E-state index in [-0.39, 0.29) is 17.5 Å². The van der Waals surface area contributed by atoms with E-state index in [2.05, 4.69) is 16.4 Å². The molecule has 31 heavy (non-hydrogen) atoms. The summed E-state index contributed by atoms with van der Waals surface area (Å²) in [4.78, 5) is 15.7. The van der Waals surface area contributed by atoms with Gasteiger partial charge in [0.2, 0.25) is 0 Å². The molecule has 1 aromatic carbocycles. The number of hydrogen-bond donors (Lipinski definition) is 2. The van der Waals surface area contributed by atoms with Gasteiger partial charge in [-0.15, -0.1) is 0 Å². The molecule has 3 aromatic rings. The van der Waals surface area contributed by atoms with Crippen LogP contribution in [0.5, 0.6) is 0 Å². The normalized spacial score (nSPS) is 22.7. The SMILES string of the molecule is C[C@@H]1c2cc(Nc3nn([C@@H](CC#N)C4CC4)c4cc[nH]c(=O)c34)ccc2S(=O)(=O)[C@H]1C. The Hall–Kier alpha value is -3.12. The summed E-state index contributed by atoms with van der Waals surface area (Å²) in [5.74, 6) is 0.679. The van der Waals surface area contributed by atoms with E-state index in [1.54, 1.807) is 36.0 Å². The Morgan fingerprint density at radius 2 is 2.10 bits per heavy atom. The Balaban J connectivity index is 1.60. The molecule has 9 heteroatoms. The first-order chi connectivity index (χ1) is 14.8. The van der Waals surface area contributed by atoms with Crippen LogP contribution < -0.4 is 10.9 Å². The number of benzene rings is 1. The standard InChI is InChI=1S/C22H23N5O3S/c1-12-13(2)31(29,30)19-6-5-15(11-16(12)19)25-21-20-18(8-10-24-22(20)28)27(26-21)17(7-9-23)14-3-4-14/h5-6,8,10-14,17H,3-4,7H2,1-2H3,(H,24,28)(H,25,26)/t12-,13-,17-/m0/s1. The van der Waals surface area contributed by atoms with E-state index in [9.17, 15) is 18.5 Å². The van der Waals surface area contributed by atoms with Crippen LogP contribution in [0.25, 0.3) is 10.9 Å². The minimum absolute atomic E-state index is 0.0733. The lowest BCUT2D eigenvalue weighted by molar-refractivity contribution is 0.426. The molecule has 1 saturated carbocycles. The quantitative estimate of drug-likeness (QED) is 0.629. The number of rotatable bonds is 5. The molecule has 2 aliphatic rings. The van der Waals surface area contributed by atoms with Crippen molar-refractivity contribution in [3.05, 3.63) is 46.4 Å². The number of aromatic amines is 1. The molecule has 1 fully saturated rings. The maximum atomic E-state index is 12.6. The van der Waals surface area contributed by atoms with Gasteiger partial charge in [0.1, 0.15) is 5.39 Å². The number of H-pyrrole nitrogens is 1. The Morgan fingerprint density at radius 1 is 1.32 bits per heavy atom. The molecule has 0 amide bonds. The molecule has 0 unspecified atom stereocenters. The zero-order valence-corrected chi connectivity index (χ0v) is 18.1. The summed E-state index contributed by atoms with van der Waals surface area (Å²) in [5, 5.41) is 17.2. The van der Waals surface area contributed by atoms with E-state index in [1.165, 1.54) is 0 Å². The van der Waals surface area contributed by atoms with Crippen LogP contribution in [0.2, 0.25) is 0 Å². The summed E-state index contributed by atoms with van der Waals surface area (Å²) >= 11 is 0. The third-order valence-electron chi connectivity index (χ3n) is 6.67. The second kappa shape index (κ2) is 6.95. The first-order valence-electron chi connectivity index (χ1n) is 10.4. The highest BCUT2D eigenvalue weighted by Crippen LogP contribution is 2.44. The molecule has 0 spiro atoms. The number of sulfone groups is 1. The van der Waals surface area contributed by atoms with Crippen molar-refractivity contribution >= 4 is 32.2 Å². The molecule has 0 radical (unpaired) electrons. The van der Waals surface area contributed by atoms with Crippen LogP contribution in [0.15, 0.2) is 40.2 Å². The number of hydrogen-bond acceptors (Lipinski definition) is 6. The molecular formula is C22H23N5O3S. The molecule has 8 nitrogen and oxygen atoms in total. The Morgan fingerprint density at radius 3 is 2.81 bits per heavy atom. The molecule has 5 rings (SSSR count). The van der Waals surface area contributed by atoms with Gasteiger partial charge in [-0.05, 0) is 61.4 Å². The van der Waals surface area contributed by atoms with Crippen LogP contribution in [-0.4, -0.2) is 28.4 Å². The fraction of sp³-hybridized carbons (Fsp3) is 0.409. The minimum Gasteiger partial charge on any atom is -0.338 e. The predicted octanol–water partition coefficient (Wildman–Crippen LogP) is 3.61. The van der Waals surface area contributed by atoms with E-state index in [0.29, 0.717) is 39.6 Å². The summed E-state index contributed by atoms with van der Waals surface area (Å²) in [6.07, 6.45) is 4.02. The van der Waals surface area contributed by atoms with Gasteiger partial charge in [-0.2, -0.15) is 10.4 Å². The number of pyridine rings is 1. The Labute approximate surface area is 179 Å². The third kappa shape index (κ3) is 3.05. The fourth-order valence-corrected chi connectivity index (χ4v) is 6.48. The highest BCUT2D eigenvalue weighted by molar-refractivity contribution is 7.92. The topological polar surface area (TPSA) is 121 Å². The maximum absolute atomic E-state index is 12.6. The molecule has 160 valence electrons. The van der Waals surface area contributed by atoms with Crippen LogP contribution in [0.1, 0.15) is 50.6 Å². The lowest BCUT2D eigenvalue weighted by atomic mass is 9.98. The number of fused-ring (bicyclic) bond motifs is 2. The molecular weight excluding hydrogens is 414 g/mol.